The van der Waals surface area contributed by atoms with Gasteiger partial charge in [0, 0.05) is 0 Å². The van der Waals surface area contributed by atoms with Gasteiger partial charge in [0.1, 0.15) is 5.82 Å². The van der Waals surface area contributed by atoms with E-state index < -0.39 is 12.1 Å². The predicted octanol–water partition coefficient (Wildman–Crippen LogP) is 3.42. The molecule has 1 aromatic rings. The number of halogens is 3. The van der Waals surface area contributed by atoms with Crippen molar-refractivity contribution in [3.63, 3.8) is 0 Å². The smallest absolute Gasteiger partial charge is 0.137 e. The highest BCUT2D eigenvalue weighted by Crippen LogP contribution is 2.29. The van der Waals surface area contributed by atoms with Crippen LogP contribution < -0.4 is 5.73 Å². The molecule has 5 heteroatoms. The number of aliphatic hydroxyl groups excluding tert-OH is 1. The van der Waals surface area contributed by atoms with Gasteiger partial charge in [0.25, 0.3) is 0 Å². The molecule has 0 fully saturated rings. The summed E-state index contributed by atoms with van der Waals surface area (Å²) in [6.45, 7) is 3.92. The predicted molar refractivity (Wildman–Crippen MR) is 73.7 cm³/mol. The topological polar surface area (TPSA) is 46.2 Å². The monoisotopic (exact) mass is 325 g/mol. The summed E-state index contributed by atoms with van der Waals surface area (Å²) in [7, 11) is 0. The second-order valence-corrected chi connectivity index (χ2v) is 4.84. The fourth-order valence-corrected chi connectivity index (χ4v) is 2.09. The molecule has 98 valence electrons. The quantitative estimate of drug-likeness (QED) is 0.890. The summed E-state index contributed by atoms with van der Waals surface area (Å²) >= 11 is 3.15. The SMILES string of the molecule is CCC(C)[C@@H](O)[C@@H](N)c1cccc(F)c1Br.Cl. The maximum Gasteiger partial charge on any atom is 0.137 e. The first-order valence-electron chi connectivity index (χ1n) is 5.36. The van der Waals surface area contributed by atoms with Crippen molar-refractivity contribution >= 4 is 28.3 Å². The summed E-state index contributed by atoms with van der Waals surface area (Å²) in [4.78, 5) is 0. The molecule has 1 aromatic carbocycles. The normalized spacial score (nSPS) is 15.9. The molecule has 0 aromatic heterocycles. The van der Waals surface area contributed by atoms with Gasteiger partial charge < -0.3 is 10.8 Å². The van der Waals surface area contributed by atoms with Crippen molar-refractivity contribution in [1.29, 1.82) is 0 Å². The highest BCUT2D eigenvalue weighted by atomic mass is 79.9. The Balaban J connectivity index is 0.00000256. The Morgan fingerprint density at radius 1 is 1.47 bits per heavy atom. The Labute approximate surface area is 116 Å². The van der Waals surface area contributed by atoms with E-state index >= 15 is 0 Å². The van der Waals surface area contributed by atoms with Gasteiger partial charge in [0.05, 0.1) is 16.6 Å². The molecule has 0 radical (unpaired) electrons. The maximum absolute atomic E-state index is 13.3. The van der Waals surface area contributed by atoms with Gasteiger partial charge in [-0.25, -0.2) is 4.39 Å². The number of aliphatic hydroxyl groups is 1. The standard InChI is InChI=1S/C12H17BrFNO.ClH/c1-3-7(2)12(16)11(15)8-5-4-6-9(14)10(8)13;/h4-7,11-12,16H,3,15H2,1-2H3;1H/t7?,11-,12+;/m0./s1. The molecule has 17 heavy (non-hydrogen) atoms. The summed E-state index contributed by atoms with van der Waals surface area (Å²) in [5.41, 5.74) is 6.54. The second kappa shape index (κ2) is 7.31. The van der Waals surface area contributed by atoms with E-state index in [-0.39, 0.29) is 24.1 Å². The van der Waals surface area contributed by atoms with E-state index in [1.807, 2.05) is 13.8 Å². The van der Waals surface area contributed by atoms with Gasteiger partial charge >= 0.3 is 0 Å². The van der Waals surface area contributed by atoms with E-state index in [0.717, 1.165) is 6.42 Å². The molecular formula is C12H18BrClFNO. The third-order valence-electron chi connectivity index (χ3n) is 2.94. The number of nitrogens with two attached hydrogens (primary N) is 1. The van der Waals surface area contributed by atoms with Gasteiger partial charge in [-0.05, 0) is 33.5 Å². The Hall–Kier alpha value is -0.160. The third kappa shape index (κ3) is 3.91. The van der Waals surface area contributed by atoms with Crippen molar-refractivity contribution in [2.45, 2.75) is 32.4 Å². The van der Waals surface area contributed by atoms with Crippen molar-refractivity contribution in [1.82, 2.24) is 0 Å². The van der Waals surface area contributed by atoms with Crippen LogP contribution in [0.25, 0.3) is 0 Å². The van der Waals surface area contributed by atoms with Gasteiger partial charge in [-0.15, -0.1) is 12.4 Å². The Bertz CT molecular complexity index is 364. The van der Waals surface area contributed by atoms with E-state index in [2.05, 4.69) is 15.9 Å². The highest BCUT2D eigenvalue weighted by molar-refractivity contribution is 9.10. The molecule has 0 aliphatic carbocycles. The lowest BCUT2D eigenvalue weighted by Gasteiger charge is -2.25. The van der Waals surface area contributed by atoms with Crippen molar-refractivity contribution in [3.8, 4) is 0 Å². The van der Waals surface area contributed by atoms with Gasteiger partial charge in [0.2, 0.25) is 0 Å². The van der Waals surface area contributed by atoms with Crippen LogP contribution >= 0.6 is 28.3 Å². The molecule has 1 unspecified atom stereocenters. The molecule has 0 bridgehead atoms. The molecule has 0 heterocycles. The Kier molecular flexibility index (Phi) is 7.24. The molecule has 3 N–H and O–H groups in total. The van der Waals surface area contributed by atoms with Crippen molar-refractivity contribution in [3.05, 3.63) is 34.1 Å². The van der Waals surface area contributed by atoms with Crippen LogP contribution in [0.5, 0.6) is 0 Å². The van der Waals surface area contributed by atoms with Crippen LogP contribution in [0.1, 0.15) is 31.9 Å². The first kappa shape index (κ1) is 16.8. The zero-order valence-corrected chi connectivity index (χ0v) is 12.3. The maximum atomic E-state index is 13.3. The minimum Gasteiger partial charge on any atom is -0.391 e. The molecule has 0 amide bonds. The molecule has 1 rings (SSSR count). The first-order chi connectivity index (χ1) is 7.49. The summed E-state index contributed by atoms with van der Waals surface area (Å²) < 4.78 is 13.6. The van der Waals surface area contributed by atoms with Crippen LogP contribution in [-0.4, -0.2) is 11.2 Å². The van der Waals surface area contributed by atoms with Gasteiger partial charge in [-0.1, -0.05) is 32.4 Å². The molecule has 0 aliphatic rings. The van der Waals surface area contributed by atoms with Gasteiger partial charge in [0.15, 0.2) is 0 Å². The molecule has 3 atom stereocenters. The van der Waals surface area contributed by atoms with Crippen molar-refractivity contribution in [2.24, 2.45) is 11.7 Å². The van der Waals surface area contributed by atoms with Crippen LogP contribution in [0.4, 0.5) is 4.39 Å². The minimum atomic E-state index is -0.664. The molecule has 0 aliphatic heterocycles. The van der Waals surface area contributed by atoms with E-state index in [9.17, 15) is 9.50 Å². The van der Waals surface area contributed by atoms with Crippen LogP contribution in [0.3, 0.4) is 0 Å². The van der Waals surface area contributed by atoms with Crippen molar-refractivity contribution in [2.75, 3.05) is 0 Å². The summed E-state index contributed by atoms with van der Waals surface area (Å²) in [5.74, 6) is -0.269. The lowest BCUT2D eigenvalue weighted by atomic mass is 9.91. The van der Waals surface area contributed by atoms with Crippen LogP contribution in [-0.2, 0) is 0 Å². The fraction of sp³-hybridized carbons (Fsp3) is 0.500. The molecule has 0 saturated carbocycles. The molecule has 2 nitrogen and oxygen atoms in total. The number of rotatable bonds is 4. The first-order valence-corrected chi connectivity index (χ1v) is 6.15. The average Bonchev–Trinajstić information content (AvgIpc) is 2.29. The second-order valence-electron chi connectivity index (χ2n) is 4.04. The average molecular weight is 327 g/mol. The summed E-state index contributed by atoms with van der Waals surface area (Å²) in [6, 6.07) is 4.11. The third-order valence-corrected chi connectivity index (χ3v) is 3.77. The molecular weight excluding hydrogens is 308 g/mol. The number of hydrogen-bond acceptors (Lipinski definition) is 2. The number of hydrogen-bond donors (Lipinski definition) is 2. The zero-order valence-electron chi connectivity index (χ0n) is 9.86. The van der Waals surface area contributed by atoms with Gasteiger partial charge in [-0.2, -0.15) is 0 Å². The van der Waals surface area contributed by atoms with Gasteiger partial charge in [-0.3, -0.25) is 0 Å². The molecule has 0 saturated heterocycles. The lowest BCUT2D eigenvalue weighted by molar-refractivity contribution is 0.0876. The minimum absolute atomic E-state index is 0. The van der Waals surface area contributed by atoms with Crippen molar-refractivity contribution < 1.29 is 9.50 Å². The number of benzene rings is 1. The van der Waals surface area contributed by atoms with Crippen LogP contribution in [0, 0.1) is 11.7 Å². The highest BCUT2D eigenvalue weighted by Gasteiger charge is 2.24. The fourth-order valence-electron chi connectivity index (χ4n) is 1.56. The van der Waals surface area contributed by atoms with E-state index in [0.29, 0.717) is 10.0 Å². The van der Waals surface area contributed by atoms with Crippen LogP contribution in [0.2, 0.25) is 0 Å². The summed E-state index contributed by atoms with van der Waals surface area (Å²) in [5, 5.41) is 9.99. The molecule has 0 spiro atoms. The van der Waals surface area contributed by atoms with E-state index in [4.69, 9.17) is 5.73 Å². The van der Waals surface area contributed by atoms with E-state index in [1.54, 1.807) is 12.1 Å². The Morgan fingerprint density at radius 3 is 2.59 bits per heavy atom. The lowest BCUT2D eigenvalue weighted by Crippen LogP contribution is -2.31. The Morgan fingerprint density at radius 2 is 2.06 bits per heavy atom. The summed E-state index contributed by atoms with van der Waals surface area (Å²) in [6.07, 6.45) is 0.171. The van der Waals surface area contributed by atoms with E-state index in [1.165, 1.54) is 6.07 Å². The largest absolute Gasteiger partial charge is 0.391 e. The van der Waals surface area contributed by atoms with Crippen LogP contribution in [0.15, 0.2) is 22.7 Å². The zero-order chi connectivity index (χ0) is 12.3.